The molecule has 0 aromatic heterocycles. The van der Waals surface area contributed by atoms with Crippen LogP contribution in [0.25, 0.3) is 0 Å². The molecule has 0 radical (unpaired) electrons. The maximum absolute atomic E-state index is 13.0. The molecule has 2 atom stereocenters. The van der Waals surface area contributed by atoms with E-state index < -0.39 is 5.60 Å². The minimum atomic E-state index is -0.524. The summed E-state index contributed by atoms with van der Waals surface area (Å²) in [4.78, 5) is 13.8. The van der Waals surface area contributed by atoms with E-state index in [1.54, 1.807) is 17.0 Å². The number of likely N-dealkylation sites (tertiary alicyclic amines) is 1. The minimum Gasteiger partial charge on any atom is -0.444 e. The summed E-state index contributed by atoms with van der Waals surface area (Å²) in [5.41, 5.74) is 6.54. The number of nitrogens with zero attached hydrogens (tertiary/aromatic N) is 1. The summed E-state index contributed by atoms with van der Waals surface area (Å²) in [7, 11) is 0. The summed E-state index contributed by atoms with van der Waals surface area (Å²) in [5, 5.41) is 0. The Morgan fingerprint density at radius 3 is 2.48 bits per heavy atom. The molecule has 0 spiro atoms. The van der Waals surface area contributed by atoms with Crippen LogP contribution < -0.4 is 5.73 Å². The van der Waals surface area contributed by atoms with Crippen molar-refractivity contribution < 1.29 is 13.9 Å². The van der Waals surface area contributed by atoms with Crippen molar-refractivity contribution in [1.29, 1.82) is 0 Å². The Morgan fingerprint density at radius 2 is 1.90 bits per heavy atom. The average Bonchev–Trinajstić information content (AvgIpc) is 2.36. The van der Waals surface area contributed by atoms with Gasteiger partial charge in [-0.05, 0) is 44.9 Å². The zero-order valence-electron chi connectivity index (χ0n) is 12.8. The van der Waals surface area contributed by atoms with E-state index in [1.807, 2.05) is 20.8 Å². The molecule has 2 unspecified atom stereocenters. The second-order valence-corrected chi connectivity index (χ2v) is 6.63. The topological polar surface area (TPSA) is 55.6 Å². The van der Waals surface area contributed by atoms with Crippen LogP contribution in [-0.4, -0.2) is 35.7 Å². The van der Waals surface area contributed by atoms with Gasteiger partial charge in [0.25, 0.3) is 0 Å². The Morgan fingerprint density at radius 1 is 1.29 bits per heavy atom. The van der Waals surface area contributed by atoms with Gasteiger partial charge >= 0.3 is 6.09 Å². The molecule has 5 heteroatoms. The fourth-order valence-electron chi connectivity index (χ4n) is 2.59. The molecular weight excluding hydrogens is 271 g/mol. The van der Waals surface area contributed by atoms with Crippen molar-refractivity contribution in [1.82, 2.24) is 4.90 Å². The maximum Gasteiger partial charge on any atom is 0.410 e. The molecule has 0 saturated carbocycles. The van der Waals surface area contributed by atoms with Crippen LogP contribution in [-0.2, 0) is 4.74 Å². The first-order valence-corrected chi connectivity index (χ1v) is 7.23. The highest BCUT2D eigenvalue weighted by Gasteiger charge is 2.31. The molecule has 1 heterocycles. The number of carbonyl (C=O) groups excluding carboxylic acids is 1. The van der Waals surface area contributed by atoms with E-state index in [2.05, 4.69) is 0 Å². The van der Waals surface area contributed by atoms with Gasteiger partial charge in [0, 0.05) is 25.0 Å². The predicted octanol–water partition coefficient (Wildman–Crippen LogP) is 2.88. The zero-order chi connectivity index (χ0) is 15.6. The third-order valence-corrected chi connectivity index (χ3v) is 3.48. The first-order chi connectivity index (χ1) is 9.74. The Labute approximate surface area is 125 Å². The summed E-state index contributed by atoms with van der Waals surface area (Å²) >= 11 is 0. The maximum atomic E-state index is 13.0. The number of rotatable bonds is 1. The van der Waals surface area contributed by atoms with Crippen LogP contribution in [0, 0.1) is 5.82 Å². The number of hydrogen-bond acceptors (Lipinski definition) is 3. The average molecular weight is 294 g/mol. The highest BCUT2D eigenvalue weighted by Crippen LogP contribution is 2.27. The van der Waals surface area contributed by atoms with E-state index in [0.717, 1.165) is 12.0 Å². The number of benzene rings is 1. The number of halogens is 1. The van der Waals surface area contributed by atoms with Crippen molar-refractivity contribution in [2.75, 3.05) is 13.1 Å². The molecule has 2 rings (SSSR count). The molecule has 1 saturated heterocycles. The van der Waals surface area contributed by atoms with Crippen LogP contribution in [0.15, 0.2) is 24.3 Å². The molecule has 2 N–H and O–H groups in total. The van der Waals surface area contributed by atoms with Crippen LogP contribution in [0.2, 0.25) is 0 Å². The molecule has 4 nitrogen and oxygen atoms in total. The van der Waals surface area contributed by atoms with E-state index in [4.69, 9.17) is 10.5 Å². The van der Waals surface area contributed by atoms with Gasteiger partial charge in [-0.15, -0.1) is 0 Å². The normalized spacial score (nSPS) is 23.0. The molecule has 0 bridgehead atoms. The van der Waals surface area contributed by atoms with Gasteiger partial charge in [0.2, 0.25) is 0 Å². The highest BCUT2D eigenvalue weighted by atomic mass is 19.1. The number of hydrogen-bond donors (Lipinski definition) is 1. The molecule has 1 aromatic carbocycles. The number of carbonyl (C=O) groups is 1. The fraction of sp³-hybridized carbons (Fsp3) is 0.562. The number of piperidine rings is 1. The van der Waals surface area contributed by atoms with Gasteiger partial charge in [0.1, 0.15) is 11.4 Å². The van der Waals surface area contributed by atoms with Crippen LogP contribution >= 0.6 is 0 Å². The van der Waals surface area contributed by atoms with Crippen molar-refractivity contribution in [3.05, 3.63) is 35.6 Å². The number of nitrogens with two attached hydrogens (primary N) is 1. The molecule has 1 fully saturated rings. The Bertz CT molecular complexity index is 496. The van der Waals surface area contributed by atoms with Crippen LogP contribution in [0.3, 0.4) is 0 Å². The SMILES string of the molecule is CC(C)(C)OC(=O)N1CC(N)CC(c2ccc(F)cc2)C1. The van der Waals surface area contributed by atoms with Gasteiger partial charge in [-0.25, -0.2) is 9.18 Å². The Hall–Kier alpha value is -1.62. The van der Waals surface area contributed by atoms with Crippen molar-refractivity contribution >= 4 is 6.09 Å². The largest absolute Gasteiger partial charge is 0.444 e. The predicted molar refractivity (Wildman–Crippen MR) is 79.5 cm³/mol. The van der Waals surface area contributed by atoms with Gasteiger partial charge in [-0.2, -0.15) is 0 Å². The minimum absolute atomic E-state index is 0.0960. The second-order valence-electron chi connectivity index (χ2n) is 6.63. The zero-order valence-corrected chi connectivity index (χ0v) is 12.8. The van der Waals surface area contributed by atoms with E-state index in [9.17, 15) is 9.18 Å². The molecule has 21 heavy (non-hydrogen) atoms. The van der Waals surface area contributed by atoms with Crippen molar-refractivity contribution in [2.45, 2.75) is 44.8 Å². The first-order valence-electron chi connectivity index (χ1n) is 7.23. The second kappa shape index (κ2) is 6.02. The van der Waals surface area contributed by atoms with E-state index in [1.165, 1.54) is 12.1 Å². The number of amides is 1. The van der Waals surface area contributed by atoms with E-state index in [-0.39, 0.29) is 23.9 Å². The van der Waals surface area contributed by atoms with Crippen molar-refractivity contribution in [3.63, 3.8) is 0 Å². The molecular formula is C16H23FN2O2. The lowest BCUT2D eigenvalue weighted by atomic mass is 9.88. The lowest BCUT2D eigenvalue weighted by molar-refractivity contribution is 0.0180. The summed E-state index contributed by atoms with van der Waals surface area (Å²) in [5.74, 6) is -0.148. The van der Waals surface area contributed by atoms with Crippen LogP contribution in [0.5, 0.6) is 0 Å². The standard InChI is InChI=1S/C16H23FN2O2/c1-16(2,3)21-15(20)19-9-12(8-14(18)10-19)11-4-6-13(17)7-5-11/h4-7,12,14H,8-10,18H2,1-3H3. The molecule has 1 aliphatic heterocycles. The van der Waals surface area contributed by atoms with Gasteiger partial charge in [0.05, 0.1) is 0 Å². The van der Waals surface area contributed by atoms with Gasteiger partial charge in [-0.3, -0.25) is 0 Å². The third kappa shape index (κ3) is 4.43. The summed E-state index contributed by atoms with van der Waals surface area (Å²) < 4.78 is 18.4. The Kier molecular flexibility index (Phi) is 4.52. The third-order valence-electron chi connectivity index (χ3n) is 3.48. The summed E-state index contributed by atoms with van der Waals surface area (Å²) in [6, 6.07) is 6.29. The highest BCUT2D eigenvalue weighted by molar-refractivity contribution is 5.68. The van der Waals surface area contributed by atoms with Crippen LogP contribution in [0.4, 0.5) is 9.18 Å². The van der Waals surface area contributed by atoms with Gasteiger partial charge < -0.3 is 15.4 Å². The lowest BCUT2D eigenvalue weighted by Crippen LogP contribution is -2.50. The van der Waals surface area contributed by atoms with Gasteiger partial charge in [0.15, 0.2) is 0 Å². The Balaban J connectivity index is 2.08. The molecule has 0 aliphatic carbocycles. The van der Waals surface area contributed by atoms with Crippen molar-refractivity contribution in [2.24, 2.45) is 5.73 Å². The summed E-state index contributed by atoms with van der Waals surface area (Å²) in [6.07, 6.45) is 0.440. The number of ether oxygens (including phenoxy) is 1. The molecule has 1 aliphatic rings. The fourth-order valence-corrected chi connectivity index (χ4v) is 2.59. The quantitative estimate of drug-likeness (QED) is 0.866. The molecule has 1 amide bonds. The molecule has 116 valence electrons. The van der Waals surface area contributed by atoms with Gasteiger partial charge in [-0.1, -0.05) is 12.1 Å². The van der Waals surface area contributed by atoms with E-state index >= 15 is 0 Å². The lowest BCUT2D eigenvalue weighted by Gasteiger charge is -2.37. The van der Waals surface area contributed by atoms with Crippen molar-refractivity contribution in [3.8, 4) is 0 Å². The first kappa shape index (κ1) is 15.8. The van der Waals surface area contributed by atoms with Crippen LogP contribution in [0.1, 0.15) is 38.7 Å². The molecule has 1 aromatic rings. The van der Waals surface area contributed by atoms with E-state index in [0.29, 0.717) is 13.1 Å². The smallest absolute Gasteiger partial charge is 0.410 e. The monoisotopic (exact) mass is 294 g/mol. The summed E-state index contributed by atoms with van der Waals surface area (Å²) in [6.45, 7) is 6.56.